The Hall–Kier alpha value is -0.480. The van der Waals surface area contributed by atoms with Crippen molar-refractivity contribution in [3.05, 3.63) is 11.1 Å². The molecule has 2 rings (SSSR count). The van der Waals surface area contributed by atoms with E-state index in [9.17, 15) is 0 Å². The maximum Gasteiger partial charge on any atom is 0.0927 e. The average molecular weight is 253 g/mol. The van der Waals surface area contributed by atoms with E-state index >= 15 is 0 Å². The first-order valence-electron chi connectivity index (χ1n) is 6.92. The minimum absolute atomic E-state index is 0.437. The molecule has 4 heteroatoms. The molecule has 1 aromatic heterocycles. The van der Waals surface area contributed by atoms with Gasteiger partial charge in [-0.05, 0) is 43.3 Å². The van der Waals surface area contributed by atoms with Crippen molar-refractivity contribution < 1.29 is 0 Å². The molecule has 1 N–H and O–H groups in total. The normalized spacial score (nSPS) is 20.1. The molecule has 3 nitrogen and oxygen atoms in total. The van der Waals surface area contributed by atoms with E-state index in [1.807, 2.05) is 0 Å². The molecule has 96 valence electrons. The Balaban J connectivity index is 2.02. The number of aromatic nitrogens is 2. The van der Waals surface area contributed by atoms with Crippen LogP contribution in [-0.2, 0) is 0 Å². The van der Waals surface area contributed by atoms with Crippen LogP contribution in [0.5, 0.6) is 0 Å². The van der Waals surface area contributed by atoms with Crippen LogP contribution in [0.3, 0.4) is 0 Å². The highest BCUT2D eigenvalue weighted by Gasteiger charge is 2.25. The fourth-order valence-electron chi connectivity index (χ4n) is 2.76. The fraction of sp³-hybridized carbons (Fsp3) is 0.846. The highest BCUT2D eigenvalue weighted by molar-refractivity contribution is 7.03. The summed E-state index contributed by atoms with van der Waals surface area (Å²) in [7, 11) is 0. The zero-order valence-corrected chi connectivity index (χ0v) is 11.5. The second-order valence-corrected chi connectivity index (χ2v) is 5.62. The summed E-state index contributed by atoms with van der Waals surface area (Å²) < 4.78 is 4.02. The maximum atomic E-state index is 4.28. The molecule has 0 bridgehead atoms. The molecule has 0 amide bonds. The number of hydrogen-bond acceptors (Lipinski definition) is 4. The minimum atomic E-state index is 0.437. The maximum absolute atomic E-state index is 4.28. The van der Waals surface area contributed by atoms with E-state index in [-0.39, 0.29) is 0 Å². The Morgan fingerprint density at radius 1 is 1.35 bits per heavy atom. The molecule has 0 aliphatic heterocycles. The number of nitrogens with one attached hydrogen (secondary N) is 1. The molecule has 1 aliphatic carbocycles. The Morgan fingerprint density at radius 2 is 2.12 bits per heavy atom. The van der Waals surface area contributed by atoms with E-state index < -0.39 is 0 Å². The molecule has 0 spiro atoms. The first kappa shape index (κ1) is 13.0. The van der Waals surface area contributed by atoms with Crippen LogP contribution >= 0.6 is 11.5 Å². The molecule has 1 heterocycles. The molecular formula is C13H23N3S. The van der Waals surface area contributed by atoms with Crippen LogP contribution < -0.4 is 5.32 Å². The lowest BCUT2D eigenvalue weighted by atomic mass is 9.90. The van der Waals surface area contributed by atoms with Gasteiger partial charge in [0.25, 0.3) is 0 Å². The van der Waals surface area contributed by atoms with Gasteiger partial charge in [-0.15, -0.1) is 5.10 Å². The van der Waals surface area contributed by atoms with E-state index in [1.165, 1.54) is 56.5 Å². The molecule has 1 aromatic rings. The SMILES string of the molecule is CCCNC(c1csnn1)C1CCCCCC1. The van der Waals surface area contributed by atoms with E-state index in [0.717, 1.165) is 18.2 Å². The van der Waals surface area contributed by atoms with Gasteiger partial charge in [0.1, 0.15) is 0 Å². The molecule has 1 saturated carbocycles. The number of rotatable bonds is 5. The summed E-state index contributed by atoms with van der Waals surface area (Å²) in [6, 6.07) is 0.437. The van der Waals surface area contributed by atoms with Crippen LogP contribution in [0.2, 0.25) is 0 Å². The van der Waals surface area contributed by atoms with Crippen molar-refractivity contribution in [2.75, 3.05) is 6.54 Å². The van der Waals surface area contributed by atoms with E-state index in [1.54, 1.807) is 0 Å². The minimum Gasteiger partial charge on any atom is -0.308 e. The van der Waals surface area contributed by atoms with Crippen LogP contribution in [0.15, 0.2) is 5.38 Å². The first-order valence-corrected chi connectivity index (χ1v) is 7.75. The van der Waals surface area contributed by atoms with Gasteiger partial charge in [-0.2, -0.15) is 0 Å². The van der Waals surface area contributed by atoms with Gasteiger partial charge in [0.15, 0.2) is 0 Å². The molecular weight excluding hydrogens is 230 g/mol. The lowest BCUT2D eigenvalue weighted by Gasteiger charge is -2.25. The monoisotopic (exact) mass is 253 g/mol. The van der Waals surface area contributed by atoms with Crippen LogP contribution in [0.1, 0.15) is 63.6 Å². The van der Waals surface area contributed by atoms with Crippen molar-refractivity contribution in [1.82, 2.24) is 14.9 Å². The zero-order chi connectivity index (χ0) is 11.9. The smallest absolute Gasteiger partial charge is 0.0927 e. The Bertz CT molecular complexity index is 292. The van der Waals surface area contributed by atoms with Crippen LogP contribution in [-0.4, -0.2) is 16.1 Å². The third kappa shape index (κ3) is 3.75. The summed E-state index contributed by atoms with van der Waals surface area (Å²) in [5.41, 5.74) is 1.16. The summed E-state index contributed by atoms with van der Waals surface area (Å²) in [5.74, 6) is 0.757. The molecule has 1 fully saturated rings. The molecule has 0 saturated heterocycles. The zero-order valence-electron chi connectivity index (χ0n) is 10.7. The van der Waals surface area contributed by atoms with Gasteiger partial charge < -0.3 is 5.32 Å². The van der Waals surface area contributed by atoms with E-state index in [4.69, 9.17) is 0 Å². The first-order chi connectivity index (χ1) is 8.42. The van der Waals surface area contributed by atoms with Gasteiger partial charge in [-0.1, -0.05) is 37.1 Å². The van der Waals surface area contributed by atoms with E-state index in [0.29, 0.717) is 6.04 Å². The van der Waals surface area contributed by atoms with Crippen LogP contribution in [0, 0.1) is 5.92 Å². The summed E-state index contributed by atoms with van der Waals surface area (Å²) in [4.78, 5) is 0. The summed E-state index contributed by atoms with van der Waals surface area (Å²) in [5, 5.41) is 10.1. The molecule has 1 aliphatic rings. The lowest BCUT2D eigenvalue weighted by Crippen LogP contribution is -2.29. The van der Waals surface area contributed by atoms with Gasteiger partial charge in [0.05, 0.1) is 11.7 Å². The molecule has 17 heavy (non-hydrogen) atoms. The standard InChI is InChI=1S/C13H23N3S/c1-2-9-14-13(12-10-17-16-15-12)11-7-5-3-4-6-8-11/h10-11,13-14H,2-9H2,1H3. The quantitative estimate of drug-likeness (QED) is 0.815. The number of nitrogens with zero attached hydrogens (tertiary/aromatic N) is 2. The Morgan fingerprint density at radius 3 is 2.71 bits per heavy atom. The van der Waals surface area contributed by atoms with Gasteiger partial charge in [-0.3, -0.25) is 0 Å². The third-order valence-electron chi connectivity index (χ3n) is 3.68. The van der Waals surface area contributed by atoms with Gasteiger partial charge in [-0.25, -0.2) is 0 Å². The van der Waals surface area contributed by atoms with Crippen LogP contribution in [0.4, 0.5) is 0 Å². The lowest BCUT2D eigenvalue weighted by molar-refractivity contribution is 0.320. The fourth-order valence-corrected chi connectivity index (χ4v) is 3.25. The van der Waals surface area contributed by atoms with E-state index in [2.05, 4.69) is 27.2 Å². The van der Waals surface area contributed by atoms with Crippen molar-refractivity contribution in [2.45, 2.75) is 57.9 Å². The van der Waals surface area contributed by atoms with Gasteiger partial charge in [0, 0.05) is 5.38 Å². The third-order valence-corrected chi connectivity index (χ3v) is 4.20. The van der Waals surface area contributed by atoms with Crippen molar-refractivity contribution in [3.63, 3.8) is 0 Å². The largest absolute Gasteiger partial charge is 0.308 e. The summed E-state index contributed by atoms with van der Waals surface area (Å²) in [6.45, 7) is 3.30. The number of hydrogen-bond donors (Lipinski definition) is 1. The Kier molecular flexibility index (Phi) is 5.39. The predicted octanol–water partition coefficient (Wildman–Crippen LogP) is 3.55. The van der Waals surface area contributed by atoms with Crippen molar-refractivity contribution in [3.8, 4) is 0 Å². The second kappa shape index (κ2) is 7.07. The Labute approximate surface area is 108 Å². The van der Waals surface area contributed by atoms with Gasteiger partial charge >= 0.3 is 0 Å². The van der Waals surface area contributed by atoms with Crippen LogP contribution in [0.25, 0.3) is 0 Å². The molecule has 1 unspecified atom stereocenters. The molecule has 1 atom stereocenters. The topological polar surface area (TPSA) is 37.8 Å². The van der Waals surface area contributed by atoms with Crippen molar-refractivity contribution >= 4 is 11.5 Å². The summed E-state index contributed by atoms with van der Waals surface area (Å²) in [6.07, 6.45) is 9.45. The highest BCUT2D eigenvalue weighted by Crippen LogP contribution is 2.33. The second-order valence-electron chi connectivity index (χ2n) is 5.01. The highest BCUT2D eigenvalue weighted by atomic mass is 32.1. The average Bonchev–Trinajstić information content (AvgIpc) is 2.73. The molecule has 0 radical (unpaired) electrons. The van der Waals surface area contributed by atoms with Gasteiger partial charge in [0.2, 0.25) is 0 Å². The van der Waals surface area contributed by atoms with Crippen molar-refractivity contribution in [2.24, 2.45) is 5.92 Å². The predicted molar refractivity (Wildman–Crippen MR) is 72.1 cm³/mol. The summed E-state index contributed by atoms with van der Waals surface area (Å²) >= 11 is 1.47. The van der Waals surface area contributed by atoms with Crippen molar-refractivity contribution in [1.29, 1.82) is 0 Å². The molecule has 0 aromatic carbocycles.